The van der Waals surface area contributed by atoms with Crippen LogP contribution >= 0.6 is 0 Å². The first-order valence-corrected chi connectivity index (χ1v) is 12.6. The number of hydrogen-bond donors (Lipinski definition) is 1. The number of anilines is 1. The summed E-state index contributed by atoms with van der Waals surface area (Å²) in [4.78, 5) is 0. The molecule has 0 amide bonds. The molecular weight excluding hydrogens is 417 g/mol. The summed E-state index contributed by atoms with van der Waals surface area (Å²) in [6.45, 7) is 18.2. The fraction of sp³-hybridized carbons (Fsp3) is 0.375. The lowest BCUT2D eigenvalue weighted by Gasteiger charge is -2.23. The highest BCUT2D eigenvalue weighted by atomic mass is 19.1. The molecule has 34 heavy (non-hydrogen) atoms. The standard InChI is InChI=1S/C30H34FN.C2H6/c1-19-7-14-28(23-8-11-26(12-9-23)30(5,6)31)21(3)29(17-19)22(4)32-27-13-10-24-15-20(2)16-25(24)18-27;1-2/h7-14,17-18,20-21,32H,4,15-16H2,1-3,5-6H3;1-2H3. The molecule has 0 spiro atoms. The molecule has 0 bridgehead atoms. The normalized spacial score (nSPS) is 19.6. The number of allylic oxidation sites excluding steroid dienone is 6. The van der Waals surface area contributed by atoms with Gasteiger partial charge in [-0.3, -0.25) is 0 Å². The summed E-state index contributed by atoms with van der Waals surface area (Å²) in [6, 6.07) is 14.6. The molecule has 2 aromatic rings. The average Bonchev–Trinajstić information content (AvgIpc) is 3.10. The molecule has 4 rings (SSSR count). The van der Waals surface area contributed by atoms with Crippen molar-refractivity contribution in [1.29, 1.82) is 0 Å². The molecule has 2 aliphatic rings. The van der Waals surface area contributed by atoms with Crippen LogP contribution in [0.4, 0.5) is 10.1 Å². The Hall–Kier alpha value is -2.87. The Morgan fingerprint density at radius 2 is 1.62 bits per heavy atom. The molecule has 0 saturated carbocycles. The van der Waals surface area contributed by atoms with Crippen molar-refractivity contribution >= 4 is 11.3 Å². The van der Waals surface area contributed by atoms with Crippen LogP contribution in [0.3, 0.4) is 0 Å². The lowest BCUT2D eigenvalue weighted by atomic mass is 9.85. The highest BCUT2D eigenvalue weighted by Gasteiger charge is 2.23. The van der Waals surface area contributed by atoms with E-state index in [9.17, 15) is 4.39 Å². The summed E-state index contributed by atoms with van der Waals surface area (Å²) < 4.78 is 14.3. The number of benzene rings is 2. The number of rotatable bonds is 5. The summed E-state index contributed by atoms with van der Waals surface area (Å²) in [7, 11) is 0. The Labute approximate surface area is 206 Å². The summed E-state index contributed by atoms with van der Waals surface area (Å²) in [5.74, 6) is 0.880. The van der Waals surface area contributed by atoms with Gasteiger partial charge in [-0.25, -0.2) is 4.39 Å². The molecule has 0 aliphatic heterocycles. The van der Waals surface area contributed by atoms with Gasteiger partial charge in [-0.15, -0.1) is 0 Å². The van der Waals surface area contributed by atoms with Crippen LogP contribution in [-0.2, 0) is 18.5 Å². The number of alkyl halides is 1. The second kappa shape index (κ2) is 10.6. The Morgan fingerprint density at radius 3 is 2.26 bits per heavy atom. The molecule has 2 aliphatic carbocycles. The fourth-order valence-corrected chi connectivity index (χ4v) is 4.87. The van der Waals surface area contributed by atoms with Gasteiger partial charge in [-0.1, -0.05) is 88.4 Å². The molecule has 0 saturated heterocycles. The zero-order chi connectivity index (χ0) is 25.0. The van der Waals surface area contributed by atoms with E-state index in [0.717, 1.165) is 29.3 Å². The lowest BCUT2D eigenvalue weighted by molar-refractivity contribution is 0.221. The quantitative estimate of drug-likeness (QED) is 0.472. The van der Waals surface area contributed by atoms with Gasteiger partial charge >= 0.3 is 0 Å². The van der Waals surface area contributed by atoms with Crippen molar-refractivity contribution in [3.05, 3.63) is 106 Å². The molecule has 0 aromatic heterocycles. The van der Waals surface area contributed by atoms with E-state index in [0.29, 0.717) is 5.56 Å². The minimum absolute atomic E-state index is 0.155. The van der Waals surface area contributed by atoms with Gasteiger partial charge in [0, 0.05) is 17.3 Å². The highest BCUT2D eigenvalue weighted by molar-refractivity contribution is 5.75. The van der Waals surface area contributed by atoms with Gasteiger partial charge in [0.05, 0.1) is 0 Å². The zero-order valence-electron chi connectivity index (χ0n) is 21.9. The Morgan fingerprint density at radius 1 is 0.971 bits per heavy atom. The average molecular weight is 458 g/mol. The molecule has 0 fully saturated rings. The second-order valence-electron chi connectivity index (χ2n) is 10.0. The van der Waals surface area contributed by atoms with E-state index in [1.165, 1.54) is 34.3 Å². The largest absolute Gasteiger partial charge is 0.356 e. The maximum atomic E-state index is 14.3. The zero-order valence-corrected chi connectivity index (χ0v) is 21.9. The monoisotopic (exact) mass is 457 g/mol. The first-order chi connectivity index (χ1) is 16.1. The van der Waals surface area contributed by atoms with Crippen molar-refractivity contribution in [2.45, 2.75) is 67.0 Å². The van der Waals surface area contributed by atoms with Crippen molar-refractivity contribution in [2.24, 2.45) is 11.8 Å². The molecule has 2 unspecified atom stereocenters. The predicted octanol–water partition coefficient (Wildman–Crippen LogP) is 9.18. The first-order valence-electron chi connectivity index (χ1n) is 12.6. The Balaban J connectivity index is 0.00000158. The van der Waals surface area contributed by atoms with Crippen LogP contribution in [0.5, 0.6) is 0 Å². The van der Waals surface area contributed by atoms with Gasteiger partial charge in [0.1, 0.15) is 5.67 Å². The second-order valence-corrected chi connectivity index (χ2v) is 10.0. The minimum Gasteiger partial charge on any atom is -0.356 e. The van der Waals surface area contributed by atoms with E-state index in [-0.39, 0.29) is 5.92 Å². The van der Waals surface area contributed by atoms with E-state index in [2.05, 4.69) is 69.1 Å². The number of halogens is 1. The summed E-state index contributed by atoms with van der Waals surface area (Å²) >= 11 is 0. The maximum absolute atomic E-state index is 14.3. The molecule has 2 heteroatoms. The molecule has 0 radical (unpaired) electrons. The summed E-state index contributed by atoms with van der Waals surface area (Å²) in [5.41, 5.74) is 8.99. The highest BCUT2D eigenvalue weighted by Crippen LogP contribution is 2.37. The van der Waals surface area contributed by atoms with Crippen LogP contribution in [0, 0.1) is 11.8 Å². The van der Waals surface area contributed by atoms with Crippen LogP contribution < -0.4 is 5.32 Å². The molecular formula is C32H40FN. The predicted molar refractivity (Wildman–Crippen MR) is 147 cm³/mol. The Kier molecular flexibility index (Phi) is 8.02. The topological polar surface area (TPSA) is 12.0 Å². The van der Waals surface area contributed by atoms with Gasteiger partial charge < -0.3 is 5.32 Å². The van der Waals surface area contributed by atoms with Crippen LogP contribution in [-0.4, -0.2) is 0 Å². The fourth-order valence-electron chi connectivity index (χ4n) is 4.87. The van der Waals surface area contributed by atoms with Crippen molar-refractivity contribution in [1.82, 2.24) is 0 Å². The van der Waals surface area contributed by atoms with E-state index < -0.39 is 5.67 Å². The molecule has 180 valence electrons. The number of nitrogens with one attached hydrogen (secondary N) is 1. The molecule has 2 atom stereocenters. The summed E-state index contributed by atoms with van der Waals surface area (Å²) in [5, 5.41) is 3.57. The van der Waals surface area contributed by atoms with Gasteiger partial charge in [-0.2, -0.15) is 0 Å². The summed E-state index contributed by atoms with van der Waals surface area (Å²) in [6.07, 6.45) is 8.88. The van der Waals surface area contributed by atoms with E-state index in [1.807, 2.05) is 38.1 Å². The van der Waals surface area contributed by atoms with Crippen molar-refractivity contribution in [2.75, 3.05) is 5.32 Å². The minimum atomic E-state index is -1.34. The molecule has 2 aromatic carbocycles. The van der Waals surface area contributed by atoms with Crippen LogP contribution in [0.15, 0.2) is 84.1 Å². The van der Waals surface area contributed by atoms with Gasteiger partial charge in [0.2, 0.25) is 0 Å². The smallest absolute Gasteiger partial charge is 0.130 e. The maximum Gasteiger partial charge on any atom is 0.130 e. The SMILES string of the molecule is C=C(Nc1ccc2c(c1)CC(C)C2)C1=CC(C)=CC=C(c2ccc(C(C)(C)F)cc2)C1C.CC. The molecule has 1 nitrogen and oxygen atoms in total. The van der Waals surface area contributed by atoms with Gasteiger partial charge in [0.15, 0.2) is 0 Å². The number of hydrogen-bond acceptors (Lipinski definition) is 1. The van der Waals surface area contributed by atoms with Crippen LogP contribution in [0.2, 0.25) is 0 Å². The van der Waals surface area contributed by atoms with Crippen LogP contribution in [0.1, 0.15) is 70.7 Å². The molecule has 1 N–H and O–H groups in total. The van der Waals surface area contributed by atoms with E-state index in [1.54, 1.807) is 13.8 Å². The Bertz CT molecular complexity index is 1120. The third-order valence-corrected chi connectivity index (χ3v) is 6.73. The molecule has 0 heterocycles. The third-order valence-electron chi connectivity index (χ3n) is 6.73. The van der Waals surface area contributed by atoms with Crippen molar-refractivity contribution < 1.29 is 4.39 Å². The van der Waals surface area contributed by atoms with Crippen molar-refractivity contribution in [3.8, 4) is 0 Å². The lowest BCUT2D eigenvalue weighted by Crippen LogP contribution is -2.11. The number of fused-ring (bicyclic) bond motifs is 1. The first kappa shape index (κ1) is 25.7. The van der Waals surface area contributed by atoms with Crippen molar-refractivity contribution in [3.63, 3.8) is 0 Å². The van der Waals surface area contributed by atoms with E-state index >= 15 is 0 Å². The van der Waals surface area contributed by atoms with Gasteiger partial charge in [0.25, 0.3) is 0 Å². The van der Waals surface area contributed by atoms with Gasteiger partial charge in [-0.05, 0) is 85.1 Å². The van der Waals surface area contributed by atoms with E-state index in [4.69, 9.17) is 0 Å². The third kappa shape index (κ3) is 5.78. The van der Waals surface area contributed by atoms with Crippen LogP contribution in [0.25, 0.3) is 5.57 Å².